The Morgan fingerprint density at radius 1 is 1.33 bits per heavy atom. The largest absolute Gasteiger partial charge is 0.366 e. The van der Waals surface area contributed by atoms with Crippen LogP contribution < -0.4 is 16.0 Å². The van der Waals surface area contributed by atoms with Gasteiger partial charge in [0.15, 0.2) is 0 Å². The number of aromatic nitrogens is 1. The molecule has 1 aliphatic heterocycles. The van der Waals surface area contributed by atoms with E-state index in [1.54, 1.807) is 17.9 Å². The number of primary amides is 1. The first kappa shape index (κ1) is 16.0. The van der Waals surface area contributed by atoms with Gasteiger partial charge in [0.2, 0.25) is 0 Å². The number of nitrogens with zero attached hydrogens (tertiary/aromatic N) is 2. The Balaban J connectivity index is 1.80. The number of urea groups is 1. The molecule has 6 nitrogen and oxygen atoms in total. The summed E-state index contributed by atoms with van der Waals surface area (Å²) in [5.41, 5.74) is 10.0. The predicted octanol–water partition coefficient (Wildman–Crippen LogP) is 2.65. The van der Waals surface area contributed by atoms with Gasteiger partial charge < -0.3 is 11.1 Å². The first-order chi connectivity index (χ1) is 11.5. The Labute approximate surface area is 140 Å². The zero-order chi connectivity index (χ0) is 17.3. The van der Waals surface area contributed by atoms with Crippen LogP contribution in [-0.4, -0.2) is 23.5 Å². The van der Waals surface area contributed by atoms with Gasteiger partial charge in [-0.25, -0.2) is 4.79 Å². The first-order valence-corrected chi connectivity index (χ1v) is 7.96. The number of aryl methyl sites for hydroxylation is 2. The number of nitrogens with two attached hydrogens (primary N) is 1. The number of rotatable bonds is 3. The SMILES string of the molecule is CCc1ccc2c(c1)CCN2C(=O)Nc1cnc(C)c(C(N)=O)c1. The quantitative estimate of drug-likeness (QED) is 0.909. The van der Waals surface area contributed by atoms with E-state index in [2.05, 4.69) is 23.3 Å². The highest BCUT2D eigenvalue weighted by atomic mass is 16.2. The maximum atomic E-state index is 12.6. The lowest BCUT2D eigenvalue weighted by molar-refractivity contribution is 0.0999. The summed E-state index contributed by atoms with van der Waals surface area (Å²) in [6, 6.07) is 7.51. The van der Waals surface area contributed by atoms with E-state index in [0.29, 0.717) is 23.5 Å². The normalized spacial score (nSPS) is 12.8. The second-order valence-corrected chi connectivity index (χ2v) is 5.87. The summed E-state index contributed by atoms with van der Waals surface area (Å²) in [5, 5.41) is 2.79. The van der Waals surface area contributed by atoms with Crippen LogP contribution in [0, 0.1) is 6.92 Å². The van der Waals surface area contributed by atoms with Gasteiger partial charge in [0.05, 0.1) is 23.1 Å². The predicted molar refractivity (Wildman–Crippen MR) is 93.4 cm³/mol. The molecule has 3 rings (SSSR count). The molecule has 1 aliphatic rings. The summed E-state index contributed by atoms with van der Waals surface area (Å²) in [5.74, 6) is -0.560. The lowest BCUT2D eigenvalue weighted by Gasteiger charge is -2.18. The van der Waals surface area contributed by atoms with Crippen LogP contribution >= 0.6 is 0 Å². The van der Waals surface area contributed by atoms with Crippen molar-refractivity contribution in [1.82, 2.24) is 4.98 Å². The third kappa shape index (κ3) is 2.95. The Bertz CT molecular complexity index is 817. The Kier molecular flexibility index (Phi) is 4.20. The molecular formula is C18H20N4O2. The van der Waals surface area contributed by atoms with E-state index in [-0.39, 0.29) is 6.03 Å². The molecule has 124 valence electrons. The molecule has 0 bridgehead atoms. The monoisotopic (exact) mass is 324 g/mol. The minimum Gasteiger partial charge on any atom is -0.366 e. The maximum Gasteiger partial charge on any atom is 0.326 e. The van der Waals surface area contributed by atoms with Crippen LogP contribution in [0.4, 0.5) is 16.2 Å². The number of hydrogen-bond donors (Lipinski definition) is 2. The average Bonchev–Trinajstić information content (AvgIpc) is 2.99. The smallest absolute Gasteiger partial charge is 0.326 e. The van der Waals surface area contributed by atoms with Crippen LogP contribution in [0.2, 0.25) is 0 Å². The molecule has 6 heteroatoms. The van der Waals surface area contributed by atoms with E-state index in [0.717, 1.165) is 18.5 Å². The van der Waals surface area contributed by atoms with Gasteiger partial charge >= 0.3 is 6.03 Å². The summed E-state index contributed by atoms with van der Waals surface area (Å²) in [4.78, 5) is 29.8. The lowest BCUT2D eigenvalue weighted by Crippen LogP contribution is -2.33. The van der Waals surface area contributed by atoms with Crippen molar-refractivity contribution in [2.75, 3.05) is 16.8 Å². The van der Waals surface area contributed by atoms with E-state index in [1.165, 1.54) is 17.3 Å². The Morgan fingerprint density at radius 3 is 2.83 bits per heavy atom. The molecule has 0 unspecified atom stereocenters. The highest BCUT2D eigenvalue weighted by Crippen LogP contribution is 2.29. The second-order valence-electron chi connectivity index (χ2n) is 5.87. The average molecular weight is 324 g/mol. The molecule has 24 heavy (non-hydrogen) atoms. The number of anilines is 2. The molecule has 3 N–H and O–H groups in total. The fourth-order valence-corrected chi connectivity index (χ4v) is 2.93. The highest BCUT2D eigenvalue weighted by molar-refractivity contribution is 6.04. The topological polar surface area (TPSA) is 88.3 Å². The van der Waals surface area contributed by atoms with Crippen molar-refractivity contribution < 1.29 is 9.59 Å². The van der Waals surface area contributed by atoms with Gasteiger partial charge in [-0.15, -0.1) is 0 Å². The summed E-state index contributed by atoms with van der Waals surface area (Å²) in [7, 11) is 0. The molecule has 0 aliphatic carbocycles. The van der Waals surface area contributed by atoms with Crippen LogP contribution in [0.3, 0.4) is 0 Å². The number of carbonyl (C=O) groups is 2. The van der Waals surface area contributed by atoms with Crippen molar-refractivity contribution in [2.45, 2.75) is 26.7 Å². The third-order valence-corrected chi connectivity index (χ3v) is 4.30. The number of hydrogen-bond acceptors (Lipinski definition) is 3. The number of fused-ring (bicyclic) bond motifs is 1. The fraction of sp³-hybridized carbons (Fsp3) is 0.278. The number of benzene rings is 1. The molecule has 1 aromatic carbocycles. The van der Waals surface area contributed by atoms with Crippen molar-refractivity contribution in [3.05, 3.63) is 52.8 Å². The molecule has 0 saturated heterocycles. The van der Waals surface area contributed by atoms with Crippen molar-refractivity contribution in [1.29, 1.82) is 0 Å². The van der Waals surface area contributed by atoms with Crippen molar-refractivity contribution in [2.24, 2.45) is 5.73 Å². The molecule has 0 spiro atoms. The zero-order valence-corrected chi connectivity index (χ0v) is 13.8. The van der Waals surface area contributed by atoms with Crippen LogP contribution in [0.15, 0.2) is 30.5 Å². The third-order valence-electron chi connectivity index (χ3n) is 4.30. The standard InChI is InChI=1S/C18H20N4O2/c1-3-12-4-5-16-13(8-12)6-7-22(16)18(24)21-14-9-15(17(19)23)11(2)20-10-14/h4-5,8-10H,3,6-7H2,1-2H3,(H2,19,23)(H,21,24). The molecule has 2 aromatic rings. The van der Waals surface area contributed by atoms with E-state index in [4.69, 9.17) is 5.73 Å². The minimum absolute atomic E-state index is 0.237. The van der Waals surface area contributed by atoms with Crippen molar-refractivity contribution in [3.63, 3.8) is 0 Å². The number of amides is 3. The van der Waals surface area contributed by atoms with Crippen molar-refractivity contribution in [3.8, 4) is 0 Å². The van der Waals surface area contributed by atoms with Crippen LogP contribution in [0.1, 0.15) is 34.1 Å². The first-order valence-electron chi connectivity index (χ1n) is 7.96. The van der Waals surface area contributed by atoms with Gasteiger partial charge in [-0.2, -0.15) is 0 Å². The Hall–Kier alpha value is -2.89. The van der Waals surface area contributed by atoms with E-state index in [1.807, 2.05) is 12.1 Å². The minimum atomic E-state index is -0.560. The van der Waals surface area contributed by atoms with E-state index < -0.39 is 5.91 Å². The van der Waals surface area contributed by atoms with Gasteiger partial charge in [-0.3, -0.25) is 14.7 Å². The fourth-order valence-electron chi connectivity index (χ4n) is 2.93. The van der Waals surface area contributed by atoms with E-state index >= 15 is 0 Å². The molecule has 0 radical (unpaired) electrons. The summed E-state index contributed by atoms with van der Waals surface area (Å²) >= 11 is 0. The van der Waals surface area contributed by atoms with Gasteiger partial charge in [-0.05, 0) is 43.0 Å². The molecule has 0 atom stereocenters. The van der Waals surface area contributed by atoms with Crippen LogP contribution in [0.25, 0.3) is 0 Å². The molecule has 2 heterocycles. The zero-order valence-electron chi connectivity index (χ0n) is 13.8. The number of carbonyl (C=O) groups excluding carboxylic acids is 2. The summed E-state index contributed by atoms with van der Waals surface area (Å²) < 4.78 is 0. The highest BCUT2D eigenvalue weighted by Gasteiger charge is 2.25. The van der Waals surface area contributed by atoms with Gasteiger partial charge in [0.25, 0.3) is 5.91 Å². The maximum absolute atomic E-state index is 12.6. The van der Waals surface area contributed by atoms with Crippen LogP contribution in [0.5, 0.6) is 0 Å². The summed E-state index contributed by atoms with van der Waals surface area (Å²) in [6.07, 6.45) is 3.34. The molecule has 1 aromatic heterocycles. The molecule has 0 saturated carbocycles. The lowest BCUT2D eigenvalue weighted by atomic mass is 10.1. The Morgan fingerprint density at radius 2 is 2.12 bits per heavy atom. The number of pyridine rings is 1. The molecule has 0 fully saturated rings. The van der Waals surface area contributed by atoms with Gasteiger partial charge in [0, 0.05) is 12.2 Å². The molecule has 3 amide bonds. The summed E-state index contributed by atoms with van der Waals surface area (Å²) in [6.45, 7) is 4.45. The molecular weight excluding hydrogens is 304 g/mol. The van der Waals surface area contributed by atoms with Gasteiger partial charge in [0.1, 0.15) is 0 Å². The van der Waals surface area contributed by atoms with E-state index in [9.17, 15) is 9.59 Å². The van der Waals surface area contributed by atoms with Crippen molar-refractivity contribution >= 4 is 23.3 Å². The number of nitrogens with one attached hydrogen (secondary N) is 1. The van der Waals surface area contributed by atoms with Crippen LogP contribution in [-0.2, 0) is 12.8 Å². The second kappa shape index (κ2) is 6.31. The van der Waals surface area contributed by atoms with Gasteiger partial charge in [-0.1, -0.05) is 19.1 Å².